The third kappa shape index (κ3) is 3.99. The summed E-state index contributed by atoms with van der Waals surface area (Å²) >= 11 is 1.51. The molecule has 2 aromatic heterocycles. The first-order valence-electron chi connectivity index (χ1n) is 10.4. The zero-order valence-electron chi connectivity index (χ0n) is 17.8. The lowest BCUT2D eigenvalue weighted by molar-refractivity contribution is -0.116. The van der Waals surface area contributed by atoms with Crippen LogP contribution in [0.4, 0.5) is 5.69 Å². The molecule has 2 heterocycles. The number of nitrogens with one attached hydrogen (secondary N) is 1. The molecule has 7 heteroatoms. The summed E-state index contributed by atoms with van der Waals surface area (Å²) in [5, 5.41) is 12.6. The van der Waals surface area contributed by atoms with Gasteiger partial charge in [-0.1, -0.05) is 43.8 Å². The number of pyridine rings is 1. The van der Waals surface area contributed by atoms with Gasteiger partial charge in [0.2, 0.25) is 5.91 Å². The molecule has 0 aliphatic heterocycles. The minimum absolute atomic E-state index is 0.0398. The molecule has 6 nitrogen and oxygen atoms in total. The quantitative estimate of drug-likeness (QED) is 0.578. The second kappa shape index (κ2) is 8.22. The lowest BCUT2D eigenvalue weighted by atomic mass is 10.0. The van der Waals surface area contributed by atoms with Gasteiger partial charge in [0.1, 0.15) is 10.4 Å². The average molecular weight is 422 g/mol. The Labute approximate surface area is 181 Å². The Hall–Kier alpha value is -2.67. The molecule has 1 fully saturated rings. The van der Waals surface area contributed by atoms with Crippen molar-refractivity contribution in [1.29, 1.82) is 0 Å². The number of carbonyl (C=O) groups is 1. The minimum atomic E-state index is -0.482. The van der Waals surface area contributed by atoms with Gasteiger partial charge in [-0.15, -0.1) is 10.2 Å². The Morgan fingerprint density at radius 1 is 1.23 bits per heavy atom. The maximum absolute atomic E-state index is 13.1. The normalized spacial score (nSPS) is 14.7. The number of carbonyl (C=O) groups excluding carboxylic acids is 1. The van der Waals surface area contributed by atoms with Crippen LogP contribution in [0.15, 0.2) is 47.8 Å². The maximum Gasteiger partial charge on any atom is 0.241 e. The number of aryl methyl sites for hydroxylation is 1. The van der Waals surface area contributed by atoms with E-state index in [1.54, 1.807) is 6.20 Å². The van der Waals surface area contributed by atoms with Gasteiger partial charge in [0.05, 0.1) is 0 Å². The molecule has 0 unspecified atom stereocenters. The van der Waals surface area contributed by atoms with Crippen molar-refractivity contribution >= 4 is 23.4 Å². The van der Waals surface area contributed by atoms with Crippen LogP contribution in [0, 0.1) is 6.92 Å². The molecule has 1 N–H and O–H groups in total. The molecule has 1 aromatic carbocycles. The van der Waals surface area contributed by atoms with Crippen LogP contribution in [0.3, 0.4) is 0 Å². The fraction of sp³-hybridized carbons (Fsp3) is 0.391. The van der Waals surface area contributed by atoms with E-state index in [1.165, 1.54) is 17.3 Å². The molecular formula is C23H27N5OS. The van der Waals surface area contributed by atoms with Gasteiger partial charge in [0.15, 0.2) is 11.0 Å². The van der Waals surface area contributed by atoms with Gasteiger partial charge >= 0.3 is 0 Å². The Morgan fingerprint density at radius 2 is 2.03 bits per heavy atom. The smallest absolute Gasteiger partial charge is 0.241 e. The summed E-state index contributed by atoms with van der Waals surface area (Å²) in [5.41, 5.74) is 4.03. The lowest BCUT2D eigenvalue weighted by Gasteiger charge is -2.17. The first kappa shape index (κ1) is 20.6. The first-order chi connectivity index (χ1) is 14.4. The highest BCUT2D eigenvalue weighted by atomic mass is 32.2. The van der Waals surface area contributed by atoms with E-state index in [1.807, 2.05) is 35.8 Å². The molecule has 3 aromatic rings. The van der Waals surface area contributed by atoms with Crippen LogP contribution in [0.1, 0.15) is 50.7 Å². The van der Waals surface area contributed by atoms with Crippen molar-refractivity contribution in [3.63, 3.8) is 0 Å². The molecule has 0 atom stereocenters. The summed E-state index contributed by atoms with van der Waals surface area (Å²) < 4.78 is 1.55. The first-order valence-corrected chi connectivity index (χ1v) is 11.2. The molecule has 30 heavy (non-hydrogen) atoms. The number of aromatic nitrogens is 4. The molecule has 1 saturated carbocycles. The van der Waals surface area contributed by atoms with Crippen molar-refractivity contribution in [2.75, 3.05) is 5.32 Å². The van der Waals surface area contributed by atoms with Crippen LogP contribution >= 0.6 is 11.8 Å². The highest BCUT2D eigenvalue weighted by Gasteiger charge is 2.52. The molecule has 4 rings (SSSR count). The minimum Gasteiger partial charge on any atom is -0.325 e. The van der Waals surface area contributed by atoms with Crippen molar-refractivity contribution in [3.05, 3.63) is 53.7 Å². The zero-order valence-corrected chi connectivity index (χ0v) is 18.7. The Balaban J connectivity index is 1.53. The Bertz CT molecular complexity index is 1060. The van der Waals surface area contributed by atoms with E-state index < -0.39 is 4.75 Å². The van der Waals surface area contributed by atoms with E-state index in [4.69, 9.17) is 0 Å². The number of anilines is 1. The molecule has 1 aliphatic carbocycles. The largest absolute Gasteiger partial charge is 0.325 e. The number of hydrogen-bond donors (Lipinski definition) is 1. The van der Waals surface area contributed by atoms with Crippen LogP contribution in [0.25, 0.3) is 11.5 Å². The summed E-state index contributed by atoms with van der Waals surface area (Å²) in [6.45, 7) is 9.16. The van der Waals surface area contributed by atoms with Crippen molar-refractivity contribution in [2.24, 2.45) is 0 Å². The van der Waals surface area contributed by atoms with Crippen molar-refractivity contribution in [2.45, 2.75) is 62.9 Å². The topological polar surface area (TPSA) is 72.7 Å². The number of thioether (sulfide) groups is 1. The third-order valence-electron chi connectivity index (χ3n) is 5.50. The Morgan fingerprint density at radius 3 is 2.63 bits per heavy atom. The summed E-state index contributed by atoms with van der Waals surface area (Å²) in [4.78, 5) is 17.5. The van der Waals surface area contributed by atoms with Gasteiger partial charge in [-0.2, -0.15) is 0 Å². The van der Waals surface area contributed by atoms with Crippen LogP contribution in [0.5, 0.6) is 0 Å². The molecule has 1 amide bonds. The van der Waals surface area contributed by atoms with E-state index in [0.29, 0.717) is 12.5 Å². The number of nitrogens with zero attached hydrogens (tertiary/aromatic N) is 4. The number of rotatable bonds is 7. The monoisotopic (exact) mass is 421 g/mol. The van der Waals surface area contributed by atoms with Crippen molar-refractivity contribution in [3.8, 4) is 11.5 Å². The van der Waals surface area contributed by atoms with Gasteiger partial charge in [-0.25, -0.2) is 0 Å². The highest BCUT2D eigenvalue weighted by molar-refractivity contribution is 8.01. The predicted octanol–water partition coefficient (Wildman–Crippen LogP) is 5.06. The average Bonchev–Trinajstić information content (AvgIpc) is 3.42. The summed E-state index contributed by atoms with van der Waals surface area (Å²) in [7, 11) is 0. The van der Waals surface area contributed by atoms with Crippen molar-refractivity contribution < 1.29 is 4.79 Å². The van der Waals surface area contributed by atoms with Gasteiger partial charge in [0, 0.05) is 18.4 Å². The molecule has 0 radical (unpaired) electrons. The summed E-state index contributed by atoms with van der Waals surface area (Å²) in [6.07, 6.45) is 3.42. The summed E-state index contributed by atoms with van der Waals surface area (Å²) in [5.74, 6) is 1.24. The highest BCUT2D eigenvalue weighted by Crippen LogP contribution is 2.52. The van der Waals surface area contributed by atoms with Crippen LogP contribution in [-0.4, -0.2) is 30.4 Å². The molecule has 0 saturated heterocycles. The van der Waals surface area contributed by atoms with E-state index >= 15 is 0 Å². The second-order valence-corrected chi connectivity index (χ2v) is 9.40. The van der Waals surface area contributed by atoms with Gasteiger partial charge in [-0.05, 0) is 61.9 Å². The predicted molar refractivity (Wildman–Crippen MR) is 121 cm³/mol. The SMILES string of the molecule is CCn1c(SC2(C(=O)Nc3ccc(C(C)C)cc3C)CC2)nnc1-c1ccccn1. The number of amides is 1. The van der Waals surface area contributed by atoms with Crippen LogP contribution in [0.2, 0.25) is 0 Å². The van der Waals surface area contributed by atoms with Crippen LogP contribution in [-0.2, 0) is 11.3 Å². The van der Waals surface area contributed by atoms with E-state index in [9.17, 15) is 4.79 Å². The molecular weight excluding hydrogens is 394 g/mol. The van der Waals surface area contributed by atoms with Crippen LogP contribution < -0.4 is 5.32 Å². The zero-order chi connectivity index (χ0) is 21.3. The number of hydrogen-bond acceptors (Lipinski definition) is 5. The maximum atomic E-state index is 13.1. The Kier molecular flexibility index (Phi) is 5.64. The molecule has 156 valence electrons. The standard InChI is InChI=1S/C23H27N5OS/c1-5-28-20(19-8-6-7-13-24-19)26-27-22(28)30-23(11-12-23)21(29)25-18-10-9-17(15(2)3)14-16(18)4/h6-10,13-15H,5,11-12H2,1-4H3,(H,25,29). The van der Waals surface area contributed by atoms with Crippen molar-refractivity contribution in [1.82, 2.24) is 19.7 Å². The van der Waals surface area contributed by atoms with Gasteiger partial charge in [-0.3, -0.25) is 9.78 Å². The summed E-state index contributed by atoms with van der Waals surface area (Å²) in [6, 6.07) is 12.0. The fourth-order valence-corrected chi connectivity index (χ4v) is 4.63. The van der Waals surface area contributed by atoms with E-state index in [0.717, 1.165) is 40.8 Å². The molecule has 0 spiro atoms. The number of benzene rings is 1. The molecule has 1 aliphatic rings. The van der Waals surface area contributed by atoms with E-state index in [2.05, 4.69) is 53.4 Å². The lowest BCUT2D eigenvalue weighted by Crippen LogP contribution is -2.27. The van der Waals surface area contributed by atoms with Gasteiger partial charge in [0.25, 0.3) is 0 Å². The second-order valence-electron chi connectivity index (χ2n) is 8.04. The van der Waals surface area contributed by atoms with Gasteiger partial charge < -0.3 is 9.88 Å². The third-order valence-corrected chi connectivity index (χ3v) is 6.97. The fourth-order valence-electron chi connectivity index (χ4n) is 3.42. The van der Waals surface area contributed by atoms with E-state index in [-0.39, 0.29) is 5.91 Å². The molecule has 0 bridgehead atoms.